The Labute approximate surface area is 187 Å². The van der Waals surface area contributed by atoms with Crippen LogP contribution in [-0.4, -0.2) is 52.1 Å². The molecule has 0 unspecified atom stereocenters. The summed E-state index contributed by atoms with van der Waals surface area (Å²) >= 11 is 12.5. The summed E-state index contributed by atoms with van der Waals surface area (Å²) in [5.74, 6) is 0.886. The summed E-state index contributed by atoms with van der Waals surface area (Å²) < 4.78 is 0. The minimum atomic E-state index is 0.487. The maximum Gasteiger partial charge on any atom is 0.157 e. The quantitative estimate of drug-likeness (QED) is 0.540. The third kappa shape index (κ3) is 3.98. The van der Waals surface area contributed by atoms with Crippen LogP contribution in [0.2, 0.25) is 10.0 Å². The monoisotopic (exact) mass is 441 g/mol. The van der Waals surface area contributed by atoms with E-state index < -0.39 is 0 Å². The topological polar surface area (TPSA) is 45.2 Å². The molecule has 30 heavy (non-hydrogen) atoms. The normalized spacial score (nSPS) is 18.8. The maximum absolute atomic E-state index is 6.26. The highest BCUT2D eigenvalue weighted by atomic mass is 35.5. The van der Waals surface area contributed by atoms with Gasteiger partial charge in [-0.3, -0.25) is 4.98 Å². The Bertz CT molecular complexity index is 1030. The second kappa shape index (κ2) is 8.66. The molecule has 2 saturated heterocycles. The van der Waals surface area contributed by atoms with Gasteiger partial charge in [-0.2, -0.15) is 0 Å². The summed E-state index contributed by atoms with van der Waals surface area (Å²) in [6.07, 6.45) is 8.16. The van der Waals surface area contributed by atoms with Gasteiger partial charge in [0.2, 0.25) is 0 Å². The van der Waals surface area contributed by atoms with Crippen molar-refractivity contribution in [3.63, 3.8) is 0 Å². The first-order chi connectivity index (χ1) is 14.7. The van der Waals surface area contributed by atoms with Gasteiger partial charge in [-0.25, -0.2) is 9.97 Å². The van der Waals surface area contributed by atoms with Gasteiger partial charge >= 0.3 is 0 Å². The lowest BCUT2D eigenvalue weighted by molar-refractivity contribution is 0.141. The van der Waals surface area contributed by atoms with E-state index in [2.05, 4.69) is 14.8 Å². The number of fused-ring (bicyclic) bond motifs is 1. The molecule has 3 aromatic rings. The zero-order chi connectivity index (χ0) is 20.5. The molecule has 2 aromatic heterocycles. The summed E-state index contributed by atoms with van der Waals surface area (Å²) in [7, 11) is 0. The molecule has 0 saturated carbocycles. The summed E-state index contributed by atoms with van der Waals surface area (Å²) in [4.78, 5) is 19.5. The van der Waals surface area contributed by atoms with Gasteiger partial charge in [-0.15, -0.1) is 0 Å². The van der Waals surface area contributed by atoms with Crippen LogP contribution in [0.3, 0.4) is 0 Å². The lowest BCUT2D eigenvalue weighted by Crippen LogP contribution is -2.47. The van der Waals surface area contributed by atoms with Crippen molar-refractivity contribution in [3.05, 3.63) is 46.6 Å². The fourth-order valence-corrected chi connectivity index (χ4v) is 4.98. The molecule has 0 amide bonds. The van der Waals surface area contributed by atoms with Crippen LogP contribution < -0.4 is 4.90 Å². The smallest absolute Gasteiger partial charge is 0.157 e. The average molecular weight is 442 g/mol. The van der Waals surface area contributed by atoms with Crippen LogP contribution in [0.4, 0.5) is 5.82 Å². The van der Waals surface area contributed by atoms with Gasteiger partial charge in [-0.05, 0) is 63.0 Å². The molecule has 5 nitrogen and oxygen atoms in total. The van der Waals surface area contributed by atoms with Gasteiger partial charge in [0.1, 0.15) is 5.69 Å². The van der Waals surface area contributed by atoms with Crippen LogP contribution in [0.1, 0.15) is 32.1 Å². The molecule has 4 heterocycles. The predicted molar refractivity (Wildman–Crippen MR) is 123 cm³/mol. The SMILES string of the molecule is Clc1cc2nc(-c3ccccn3)c(N3CCC(N4CCCCC4)CC3)nc2cc1Cl. The van der Waals surface area contributed by atoms with Gasteiger partial charge in [0.25, 0.3) is 0 Å². The summed E-state index contributed by atoms with van der Waals surface area (Å²) in [5.41, 5.74) is 3.12. The minimum Gasteiger partial charge on any atom is -0.355 e. The molecule has 0 bridgehead atoms. The predicted octanol–water partition coefficient (Wildman–Crippen LogP) is 5.45. The average Bonchev–Trinajstić information content (AvgIpc) is 2.80. The van der Waals surface area contributed by atoms with E-state index in [1.54, 1.807) is 18.3 Å². The van der Waals surface area contributed by atoms with Gasteiger partial charge < -0.3 is 9.80 Å². The Hall–Kier alpha value is -1.95. The Balaban J connectivity index is 1.49. The molecule has 0 radical (unpaired) electrons. The van der Waals surface area contributed by atoms with Crippen molar-refractivity contribution >= 4 is 40.1 Å². The van der Waals surface area contributed by atoms with Crippen molar-refractivity contribution < 1.29 is 0 Å². The Morgan fingerprint density at radius 1 is 0.833 bits per heavy atom. The summed E-state index contributed by atoms with van der Waals surface area (Å²) in [6, 6.07) is 10.1. The molecule has 0 N–H and O–H groups in total. The molecule has 5 rings (SSSR count). The summed E-state index contributed by atoms with van der Waals surface area (Å²) in [6.45, 7) is 4.45. The van der Waals surface area contributed by atoms with Crippen molar-refractivity contribution in [2.75, 3.05) is 31.1 Å². The van der Waals surface area contributed by atoms with Crippen LogP contribution in [0.5, 0.6) is 0 Å². The second-order valence-electron chi connectivity index (χ2n) is 8.18. The molecule has 7 heteroatoms. The highest BCUT2D eigenvalue weighted by Crippen LogP contribution is 2.34. The van der Waals surface area contributed by atoms with Crippen LogP contribution in [0.25, 0.3) is 22.4 Å². The number of aromatic nitrogens is 3. The summed E-state index contributed by atoms with van der Waals surface area (Å²) in [5, 5.41) is 0.986. The number of anilines is 1. The second-order valence-corrected chi connectivity index (χ2v) is 9.00. The number of benzene rings is 1. The van der Waals surface area contributed by atoms with E-state index in [-0.39, 0.29) is 0 Å². The van der Waals surface area contributed by atoms with Crippen molar-refractivity contribution in [2.45, 2.75) is 38.1 Å². The molecule has 156 valence electrons. The number of halogens is 2. The van der Waals surface area contributed by atoms with E-state index in [1.165, 1.54) is 32.4 Å². The highest BCUT2D eigenvalue weighted by molar-refractivity contribution is 6.42. The number of rotatable bonds is 3. The van der Waals surface area contributed by atoms with E-state index in [9.17, 15) is 0 Å². The van der Waals surface area contributed by atoms with Crippen LogP contribution in [-0.2, 0) is 0 Å². The van der Waals surface area contributed by atoms with Crippen molar-refractivity contribution in [1.82, 2.24) is 19.9 Å². The number of pyridine rings is 1. The van der Waals surface area contributed by atoms with Crippen LogP contribution in [0.15, 0.2) is 36.5 Å². The molecule has 0 aliphatic carbocycles. The van der Waals surface area contributed by atoms with Gasteiger partial charge in [0.15, 0.2) is 5.82 Å². The van der Waals surface area contributed by atoms with E-state index in [0.29, 0.717) is 16.1 Å². The zero-order valence-electron chi connectivity index (χ0n) is 16.9. The van der Waals surface area contributed by atoms with Gasteiger partial charge in [0, 0.05) is 25.3 Å². The van der Waals surface area contributed by atoms with E-state index in [4.69, 9.17) is 33.2 Å². The lowest BCUT2D eigenvalue weighted by atomic mass is 9.99. The van der Waals surface area contributed by atoms with Crippen LogP contribution >= 0.6 is 23.2 Å². The zero-order valence-corrected chi connectivity index (χ0v) is 18.4. The van der Waals surface area contributed by atoms with E-state index in [0.717, 1.165) is 54.2 Å². The number of hydrogen-bond donors (Lipinski definition) is 0. The fraction of sp³-hybridized carbons (Fsp3) is 0.435. The first-order valence-corrected chi connectivity index (χ1v) is 11.5. The molecule has 0 spiro atoms. The van der Waals surface area contributed by atoms with E-state index >= 15 is 0 Å². The third-order valence-corrected chi connectivity index (χ3v) is 6.99. The van der Waals surface area contributed by atoms with Crippen LogP contribution in [0, 0.1) is 0 Å². The standard InChI is InChI=1S/C23H25Cl2N5/c24-17-14-20-21(15-18(17)25)28-23(22(27-20)19-6-2-3-9-26-19)30-12-7-16(8-13-30)29-10-4-1-5-11-29/h2-3,6,9,14-16H,1,4-5,7-8,10-13H2. The molecular formula is C23H25Cl2N5. The molecule has 2 aliphatic heterocycles. The van der Waals surface area contributed by atoms with Gasteiger partial charge in [-0.1, -0.05) is 35.7 Å². The molecule has 2 fully saturated rings. The number of nitrogens with zero attached hydrogens (tertiary/aromatic N) is 5. The number of piperidine rings is 2. The first kappa shape index (κ1) is 20.0. The molecular weight excluding hydrogens is 417 g/mol. The number of likely N-dealkylation sites (tertiary alicyclic amines) is 1. The molecule has 2 aliphatic rings. The van der Waals surface area contributed by atoms with Crippen molar-refractivity contribution in [1.29, 1.82) is 0 Å². The Morgan fingerprint density at radius 3 is 2.20 bits per heavy atom. The lowest BCUT2D eigenvalue weighted by Gasteiger charge is -2.40. The molecule has 0 atom stereocenters. The Kier molecular flexibility index (Phi) is 5.77. The highest BCUT2D eigenvalue weighted by Gasteiger charge is 2.28. The largest absolute Gasteiger partial charge is 0.355 e. The Morgan fingerprint density at radius 2 is 1.53 bits per heavy atom. The maximum atomic E-state index is 6.26. The third-order valence-electron chi connectivity index (χ3n) is 6.27. The minimum absolute atomic E-state index is 0.487. The number of hydrogen-bond acceptors (Lipinski definition) is 5. The molecule has 1 aromatic carbocycles. The first-order valence-electron chi connectivity index (χ1n) is 10.8. The van der Waals surface area contributed by atoms with E-state index in [1.807, 2.05) is 18.2 Å². The van der Waals surface area contributed by atoms with Crippen molar-refractivity contribution in [2.24, 2.45) is 0 Å². The van der Waals surface area contributed by atoms with Gasteiger partial charge in [0.05, 0.1) is 26.8 Å². The van der Waals surface area contributed by atoms with Crippen molar-refractivity contribution in [3.8, 4) is 11.4 Å². The fourth-order valence-electron chi connectivity index (χ4n) is 4.66.